The van der Waals surface area contributed by atoms with Gasteiger partial charge >= 0.3 is 0 Å². The number of anilines is 1. The molecule has 0 unspecified atom stereocenters. The molecule has 2 rings (SSSR count). The standard InChI is InChI=1S/C15H23ClN2O2/c1-10-13(16)9-11(3-6-17)15(20-2)14(10)18-7-4-12(19)5-8-18/h9,12,19H,3-8,17H2,1-2H3. The lowest BCUT2D eigenvalue weighted by atomic mass is 10.0. The number of halogens is 1. The van der Waals surface area contributed by atoms with Crippen LogP contribution in [0.5, 0.6) is 5.75 Å². The van der Waals surface area contributed by atoms with Crippen LogP contribution in [0.2, 0.25) is 5.02 Å². The highest BCUT2D eigenvalue weighted by Gasteiger charge is 2.24. The molecule has 1 heterocycles. The lowest BCUT2D eigenvalue weighted by Gasteiger charge is -2.34. The van der Waals surface area contributed by atoms with Gasteiger partial charge in [-0.05, 0) is 49.9 Å². The number of rotatable bonds is 4. The van der Waals surface area contributed by atoms with Crippen molar-refractivity contribution in [1.82, 2.24) is 0 Å². The van der Waals surface area contributed by atoms with Gasteiger partial charge in [0.1, 0.15) is 5.75 Å². The predicted octanol–water partition coefficient (Wildman–Crippen LogP) is 2.12. The molecule has 112 valence electrons. The van der Waals surface area contributed by atoms with Gasteiger partial charge in [0.15, 0.2) is 0 Å². The van der Waals surface area contributed by atoms with Gasteiger partial charge in [-0.1, -0.05) is 11.6 Å². The van der Waals surface area contributed by atoms with Crippen molar-refractivity contribution < 1.29 is 9.84 Å². The SMILES string of the molecule is COc1c(CCN)cc(Cl)c(C)c1N1CCC(O)CC1. The van der Waals surface area contributed by atoms with Crippen molar-refractivity contribution in [2.24, 2.45) is 5.73 Å². The molecule has 5 heteroatoms. The van der Waals surface area contributed by atoms with Gasteiger partial charge in [-0.25, -0.2) is 0 Å². The number of hydrogen-bond donors (Lipinski definition) is 2. The largest absolute Gasteiger partial charge is 0.494 e. The van der Waals surface area contributed by atoms with E-state index >= 15 is 0 Å². The minimum Gasteiger partial charge on any atom is -0.494 e. The van der Waals surface area contributed by atoms with Crippen molar-refractivity contribution in [1.29, 1.82) is 0 Å². The zero-order valence-electron chi connectivity index (χ0n) is 12.2. The molecule has 20 heavy (non-hydrogen) atoms. The second kappa shape index (κ2) is 6.66. The molecule has 1 aromatic rings. The quantitative estimate of drug-likeness (QED) is 0.894. The van der Waals surface area contributed by atoms with Crippen molar-refractivity contribution in [3.05, 3.63) is 22.2 Å². The molecule has 0 saturated carbocycles. The third-order valence-electron chi connectivity index (χ3n) is 3.92. The summed E-state index contributed by atoms with van der Waals surface area (Å²) in [6.07, 6.45) is 2.11. The summed E-state index contributed by atoms with van der Waals surface area (Å²) in [5.41, 5.74) is 8.80. The number of aliphatic hydroxyl groups is 1. The van der Waals surface area contributed by atoms with Crippen molar-refractivity contribution >= 4 is 17.3 Å². The molecule has 0 aliphatic carbocycles. The van der Waals surface area contributed by atoms with Crippen LogP contribution < -0.4 is 15.4 Å². The number of nitrogens with zero attached hydrogens (tertiary/aromatic N) is 1. The van der Waals surface area contributed by atoms with Crippen LogP contribution in [0.25, 0.3) is 0 Å². The molecule has 1 aliphatic heterocycles. The van der Waals surface area contributed by atoms with E-state index in [1.165, 1.54) is 0 Å². The normalized spacial score (nSPS) is 16.6. The van der Waals surface area contributed by atoms with Gasteiger partial charge in [0.05, 0.1) is 18.9 Å². The third-order valence-corrected chi connectivity index (χ3v) is 4.31. The summed E-state index contributed by atoms with van der Waals surface area (Å²) in [6, 6.07) is 1.95. The predicted molar refractivity (Wildman–Crippen MR) is 83.0 cm³/mol. The van der Waals surface area contributed by atoms with Crippen molar-refractivity contribution in [3.63, 3.8) is 0 Å². The van der Waals surface area contributed by atoms with Gasteiger partial charge in [0, 0.05) is 18.1 Å². The highest BCUT2D eigenvalue weighted by atomic mass is 35.5. The van der Waals surface area contributed by atoms with Crippen LogP contribution >= 0.6 is 11.6 Å². The van der Waals surface area contributed by atoms with Gasteiger partial charge in [-0.3, -0.25) is 0 Å². The third kappa shape index (κ3) is 3.03. The summed E-state index contributed by atoms with van der Waals surface area (Å²) in [5.74, 6) is 0.869. The van der Waals surface area contributed by atoms with E-state index in [1.54, 1.807) is 7.11 Å². The molecule has 1 aliphatic rings. The lowest BCUT2D eigenvalue weighted by molar-refractivity contribution is 0.145. The average molecular weight is 299 g/mol. The fraction of sp³-hybridized carbons (Fsp3) is 0.600. The van der Waals surface area contributed by atoms with E-state index in [2.05, 4.69) is 4.90 Å². The second-order valence-electron chi connectivity index (χ2n) is 5.28. The van der Waals surface area contributed by atoms with E-state index in [9.17, 15) is 5.11 Å². The van der Waals surface area contributed by atoms with E-state index in [0.717, 1.165) is 59.9 Å². The Morgan fingerprint density at radius 2 is 2.10 bits per heavy atom. The molecule has 0 aromatic heterocycles. The van der Waals surface area contributed by atoms with Crippen LogP contribution in [0.3, 0.4) is 0 Å². The van der Waals surface area contributed by atoms with Crippen LogP contribution in [0.15, 0.2) is 6.07 Å². The highest BCUT2D eigenvalue weighted by Crippen LogP contribution is 2.40. The Kier molecular flexibility index (Phi) is 5.13. The van der Waals surface area contributed by atoms with Crippen LogP contribution in [0, 0.1) is 6.92 Å². The molecular formula is C15H23ClN2O2. The molecular weight excluding hydrogens is 276 g/mol. The van der Waals surface area contributed by atoms with E-state index in [0.29, 0.717) is 6.54 Å². The molecule has 1 fully saturated rings. The zero-order chi connectivity index (χ0) is 14.7. The van der Waals surface area contributed by atoms with E-state index in [-0.39, 0.29) is 6.10 Å². The minimum atomic E-state index is -0.194. The highest BCUT2D eigenvalue weighted by molar-refractivity contribution is 6.32. The van der Waals surface area contributed by atoms with E-state index in [1.807, 2.05) is 13.0 Å². The Labute approximate surface area is 125 Å². The fourth-order valence-electron chi connectivity index (χ4n) is 2.80. The lowest BCUT2D eigenvalue weighted by Crippen LogP contribution is -2.36. The first-order valence-corrected chi connectivity index (χ1v) is 7.45. The molecule has 0 amide bonds. The van der Waals surface area contributed by atoms with Crippen LogP contribution in [0.1, 0.15) is 24.0 Å². The summed E-state index contributed by atoms with van der Waals surface area (Å²) in [7, 11) is 1.69. The molecule has 0 spiro atoms. The van der Waals surface area contributed by atoms with Crippen LogP contribution in [0.4, 0.5) is 5.69 Å². The van der Waals surface area contributed by atoms with E-state index < -0.39 is 0 Å². The maximum Gasteiger partial charge on any atom is 0.145 e. The van der Waals surface area contributed by atoms with E-state index in [4.69, 9.17) is 22.1 Å². The second-order valence-corrected chi connectivity index (χ2v) is 5.69. The fourth-order valence-corrected chi connectivity index (χ4v) is 3.02. The first-order chi connectivity index (χ1) is 9.58. The monoisotopic (exact) mass is 298 g/mol. The Balaban J connectivity index is 2.43. The molecule has 0 atom stereocenters. The first kappa shape index (κ1) is 15.4. The van der Waals surface area contributed by atoms with Gasteiger partial charge in [-0.15, -0.1) is 0 Å². The number of nitrogens with two attached hydrogens (primary N) is 1. The molecule has 4 nitrogen and oxygen atoms in total. The van der Waals surface area contributed by atoms with Crippen molar-refractivity contribution in [3.8, 4) is 5.75 Å². The van der Waals surface area contributed by atoms with Crippen molar-refractivity contribution in [2.75, 3.05) is 31.6 Å². The summed E-state index contributed by atoms with van der Waals surface area (Å²) < 4.78 is 5.63. The number of hydrogen-bond acceptors (Lipinski definition) is 4. The minimum absolute atomic E-state index is 0.194. The summed E-state index contributed by atoms with van der Waals surface area (Å²) in [5, 5.41) is 10.4. The molecule has 0 bridgehead atoms. The number of methoxy groups -OCH3 is 1. The summed E-state index contributed by atoms with van der Waals surface area (Å²) in [6.45, 7) is 4.22. The Hall–Kier alpha value is -0.970. The molecule has 3 N–H and O–H groups in total. The smallest absolute Gasteiger partial charge is 0.145 e. The van der Waals surface area contributed by atoms with Crippen LogP contribution in [-0.2, 0) is 6.42 Å². The maximum absolute atomic E-state index is 9.66. The number of aliphatic hydroxyl groups excluding tert-OH is 1. The summed E-state index contributed by atoms with van der Waals surface area (Å²) in [4.78, 5) is 2.26. The molecule has 1 aromatic carbocycles. The summed E-state index contributed by atoms with van der Waals surface area (Å²) >= 11 is 6.36. The van der Waals surface area contributed by atoms with Crippen LogP contribution in [-0.4, -0.2) is 38.0 Å². The Morgan fingerprint density at radius 1 is 1.45 bits per heavy atom. The van der Waals surface area contributed by atoms with Gasteiger partial charge in [-0.2, -0.15) is 0 Å². The van der Waals surface area contributed by atoms with Gasteiger partial charge < -0.3 is 20.5 Å². The Morgan fingerprint density at radius 3 is 2.65 bits per heavy atom. The maximum atomic E-state index is 9.66. The molecule has 0 radical (unpaired) electrons. The molecule has 1 saturated heterocycles. The van der Waals surface area contributed by atoms with Crippen molar-refractivity contribution in [2.45, 2.75) is 32.3 Å². The van der Waals surface area contributed by atoms with Gasteiger partial charge in [0.25, 0.3) is 0 Å². The Bertz CT molecular complexity index is 471. The number of benzene rings is 1. The number of piperidine rings is 1. The number of ether oxygens (including phenoxy) is 1. The zero-order valence-corrected chi connectivity index (χ0v) is 12.9. The van der Waals surface area contributed by atoms with Gasteiger partial charge in [0.2, 0.25) is 0 Å². The first-order valence-electron chi connectivity index (χ1n) is 7.07. The topological polar surface area (TPSA) is 58.7 Å². The average Bonchev–Trinajstić information content (AvgIpc) is 2.44.